The topological polar surface area (TPSA) is 34.9 Å². The molecule has 4 rings (SSSR count). The number of nitrogens with zero attached hydrogens (tertiary/aromatic N) is 2. The zero-order valence-electron chi connectivity index (χ0n) is 14.0. The van der Waals surface area contributed by atoms with Crippen LogP contribution in [-0.4, -0.2) is 15.3 Å². The lowest BCUT2D eigenvalue weighted by Crippen LogP contribution is -2.25. The number of rotatable bonds is 5. The van der Waals surface area contributed by atoms with Crippen molar-refractivity contribution < 1.29 is 0 Å². The smallest absolute Gasteiger partial charge is 0.268 e. The molecule has 1 aliphatic rings. The van der Waals surface area contributed by atoms with Gasteiger partial charge in [-0.25, -0.2) is 4.98 Å². The Labute approximate surface area is 165 Å². The maximum absolute atomic E-state index is 13.0. The number of aromatic nitrogens is 2. The molecule has 0 fully saturated rings. The van der Waals surface area contributed by atoms with Crippen LogP contribution >= 0.6 is 35.1 Å². The van der Waals surface area contributed by atoms with Crippen molar-refractivity contribution in [1.82, 2.24) is 9.55 Å². The molecular weight excluding hydrogens is 384 g/mol. The Hall–Kier alpha value is -1.69. The molecule has 132 valence electrons. The summed E-state index contributed by atoms with van der Waals surface area (Å²) in [6.07, 6.45) is 0.867. The molecule has 0 amide bonds. The first kappa shape index (κ1) is 17.7. The molecule has 3 aromatic rings. The van der Waals surface area contributed by atoms with E-state index in [1.165, 1.54) is 0 Å². The van der Waals surface area contributed by atoms with E-state index in [-0.39, 0.29) is 5.56 Å². The van der Waals surface area contributed by atoms with Crippen molar-refractivity contribution in [3.05, 3.63) is 86.8 Å². The van der Waals surface area contributed by atoms with E-state index < -0.39 is 0 Å². The molecule has 0 radical (unpaired) electrons. The van der Waals surface area contributed by atoms with Crippen LogP contribution in [0.15, 0.2) is 69.4 Å². The van der Waals surface area contributed by atoms with Crippen LogP contribution in [0, 0.1) is 0 Å². The molecule has 1 aromatic heterocycles. The Balaban J connectivity index is 1.68. The van der Waals surface area contributed by atoms with E-state index in [1.807, 2.05) is 59.2 Å². The minimum absolute atomic E-state index is 0.0787. The predicted molar refractivity (Wildman–Crippen MR) is 109 cm³/mol. The highest BCUT2D eigenvalue weighted by atomic mass is 35.5. The first-order chi connectivity index (χ1) is 12.7. The average Bonchev–Trinajstić information content (AvgIpc) is 3.12. The molecule has 0 saturated carbocycles. The van der Waals surface area contributed by atoms with Gasteiger partial charge in [-0.05, 0) is 23.3 Å². The second-order valence-corrected chi connectivity index (χ2v) is 8.55. The van der Waals surface area contributed by atoms with Gasteiger partial charge < -0.3 is 0 Å². The summed E-state index contributed by atoms with van der Waals surface area (Å²) in [5.74, 6) is 1.67. The molecule has 0 saturated heterocycles. The minimum Gasteiger partial charge on any atom is -0.282 e. The number of halogens is 1. The SMILES string of the molecule is O=c1c2c(nc(SCc3cccc(Cl)c3)n1Cc1ccccc1)CCS2. The van der Waals surface area contributed by atoms with Gasteiger partial charge >= 0.3 is 0 Å². The van der Waals surface area contributed by atoms with Crippen LogP contribution < -0.4 is 5.56 Å². The molecule has 26 heavy (non-hydrogen) atoms. The standard InChI is InChI=1S/C20H17ClN2OS2/c21-16-8-4-7-15(11-16)13-26-20-22-17-9-10-25-18(17)19(24)23(20)12-14-5-2-1-3-6-14/h1-8,11H,9-10,12-13H2. The molecule has 0 N–H and O–H groups in total. The summed E-state index contributed by atoms with van der Waals surface area (Å²) >= 11 is 9.30. The Bertz CT molecular complexity index is 989. The minimum atomic E-state index is 0.0787. The van der Waals surface area contributed by atoms with Gasteiger partial charge in [0.05, 0.1) is 17.1 Å². The number of fused-ring (bicyclic) bond motifs is 1. The van der Waals surface area contributed by atoms with E-state index in [2.05, 4.69) is 0 Å². The molecular formula is C20H17ClN2OS2. The van der Waals surface area contributed by atoms with E-state index in [9.17, 15) is 4.79 Å². The van der Waals surface area contributed by atoms with Gasteiger partial charge in [-0.1, -0.05) is 65.8 Å². The third-order valence-corrected chi connectivity index (χ3v) is 6.58. The first-order valence-corrected chi connectivity index (χ1v) is 10.7. The third kappa shape index (κ3) is 3.85. The number of thioether (sulfide) groups is 2. The highest BCUT2D eigenvalue weighted by molar-refractivity contribution is 7.99. The van der Waals surface area contributed by atoms with Crippen LogP contribution in [0.2, 0.25) is 5.02 Å². The van der Waals surface area contributed by atoms with Gasteiger partial charge in [-0.2, -0.15) is 0 Å². The zero-order chi connectivity index (χ0) is 17.9. The van der Waals surface area contributed by atoms with Crippen molar-refractivity contribution in [2.75, 3.05) is 5.75 Å². The van der Waals surface area contributed by atoms with Crippen LogP contribution in [0.5, 0.6) is 0 Å². The fraction of sp³-hybridized carbons (Fsp3) is 0.200. The predicted octanol–water partition coefficient (Wildman–Crippen LogP) is 4.89. The summed E-state index contributed by atoms with van der Waals surface area (Å²) in [6, 6.07) is 17.9. The molecule has 2 heterocycles. The summed E-state index contributed by atoms with van der Waals surface area (Å²) in [6.45, 7) is 0.540. The molecule has 0 atom stereocenters. The maximum atomic E-state index is 13.0. The molecule has 0 spiro atoms. The molecule has 2 aromatic carbocycles. The summed E-state index contributed by atoms with van der Waals surface area (Å²) in [4.78, 5) is 18.7. The van der Waals surface area contributed by atoms with Crippen molar-refractivity contribution in [1.29, 1.82) is 0 Å². The average molecular weight is 401 g/mol. The van der Waals surface area contributed by atoms with Crippen molar-refractivity contribution in [3.63, 3.8) is 0 Å². The molecule has 3 nitrogen and oxygen atoms in total. The molecule has 0 aliphatic carbocycles. The largest absolute Gasteiger partial charge is 0.282 e. The summed E-state index contributed by atoms with van der Waals surface area (Å²) in [5, 5.41) is 1.50. The van der Waals surface area contributed by atoms with Crippen molar-refractivity contribution in [2.24, 2.45) is 0 Å². The van der Waals surface area contributed by atoms with Gasteiger partial charge in [-0.15, -0.1) is 11.8 Å². The van der Waals surface area contributed by atoms with Crippen LogP contribution in [-0.2, 0) is 18.7 Å². The second-order valence-electron chi connectivity index (χ2n) is 6.06. The van der Waals surface area contributed by atoms with Crippen LogP contribution in [0.25, 0.3) is 0 Å². The van der Waals surface area contributed by atoms with Gasteiger partial charge in [0.2, 0.25) is 0 Å². The van der Waals surface area contributed by atoms with E-state index in [0.717, 1.165) is 49.8 Å². The van der Waals surface area contributed by atoms with Crippen molar-refractivity contribution in [3.8, 4) is 0 Å². The van der Waals surface area contributed by atoms with Gasteiger partial charge in [0.25, 0.3) is 5.56 Å². The number of benzene rings is 2. The maximum Gasteiger partial charge on any atom is 0.268 e. The van der Waals surface area contributed by atoms with Crippen molar-refractivity contribution >= 4 is 35.1 Å². The van der Waals surface area contributed by atoms with E-state index in [1.54, 1.807) is 23.5 Å². The highest BCUT2D eigenvalue weighted by Gasteiger charge is 2.21. The quantitative estimate of drug-likeness (QED) is 0.451. The van der Waals surface area contributed by atoms with Gasteiger partial charge in [0, 0.05) is 22.9 Å². The number of hydrogen-bond acceptors (Lipinski definition) is 4. The van der Waals surface area contributed by atoms with Crippen molar-refractivity contribution in [2.45, 2.75) is 28.8 Å². The summed E-state index contributed by atoms with van der Waals surface area (Å²) in [5.41, 5.74) is 3.25. The molecule has 1 aliphatic heterocycles. The lowest BCUT2D eigenvalue weighted by molar-refractivity contribution is 0.616. The van der Waals surface area contributed by atoms with E-state index in [0.29, 0.717) is 6.54 Å². The summed E-state index contributed by atoms with van der Waals surface area (Å²) in [7, 11) is 0. The van der Waals surface area contributed by atoms with E-state index in [4.69, 9.17) is 16.6 Å². The monoisotopic (exact) mass is 400 g/mol. The fourth-order valence-corrected chi connectivity index (χ4v) is 5.13. The highest BCUT2D eigenvalue weighted by Crippen LogP contribution is 2.30. The Morgan fingerprint density at radius 2 is 1.92 bits per heavy atom. The van der Waals surface area contributed by atoms with Crippen LogP contribution in [0.3, 0.4) is 0 Å². The van der Waals surface area contributed by atoms with Gasteiger partial charge in [0.15, 0.2) is 5.16 Å². The normalized spacial score (nSPS) is 13.0. The van der Waals surface area contributed by atoms with Gasteiger partial charge in [0.1, 0.15) is 0 Å². The molecule has 6 heteroatoms. The Morgan fingerprint density at radius 3 is 2.73 bits per heavy atom. The second kappa shape index (κ2) is 7.91. The Kier molecular flexibility index (Phi) is 5.38. The Morgan fingerprint density at radius 1 is 1.12 bits per heavy atom. The van der Waals surface area contributed by atoms with Crippen LogP contribution in [0.1, 0.15) is 16.8 Å². The van der Waals surface area contributed by atoms with Gasteiger partial charge in [-0.3, -0.25) is 9.36 Å². The molecule has 0 bridgehead atoms. The summed E-state index contributed by atoms with van der Waals surface area (Å²) < 4.78 is 1.81. The number of hydrogen-bond donors (Lipinski definition) is 0. The third-order valence-electron chi connectivity index (χ3n) is 4.19. The number of aryl methyl sites for hydroxylation is 1. The van der Waals surface area contributed by atoms with Crippen LogP contribution in [0.4, 0.5) is 0 Å². The zero-order valence-corrected chi connectivity index (χ0v) is 16.4. The van der Waals surface area contributed by atoms with E-state index >= 15 is 0 Å². The molecule has 0 unspecified atom stereocenters. The first-order valence-electron chi connectivity index (χ1n) is 8.38. The lowest BCUT2D eigenvalue weighted by atomic mass is 10.2. The fourth-order valence-electron chi connectivity index (χ4n) is 2.91. The lowest BCUT2D eigenvalue weighted by Gasteiger charge is -2.14.